The highest BCUT2D eigenvalue weighted by atomic mass is 16.3. The molecule has 1 aliphatic heterocycles. The zero-order valence-corrected chi connectivity index (χ0v) is 12.7. The summed E-state index contributed by atoms with van der Waals surface area (Å²) in [6.45, 7) is 6.85. The Morgan fingerprint density at radius 3 is 2.86 bits per heavy atom. The van der Waals surface area contributed by atoms with E-state index in [1.807, 2.05) is 20.8 Å². The maximum Gasteiger partial charge on any atom is 0.274 e. The molecule has 0 aromatic carbocycles. The molecule has 0 aliphatic carbocycles. The number of piperidine rings is 1. The smallest absolute Gasteiger partial charge is 0.274 e. The number of amides is 1. The van der Waals surface area contributed by atoms with E-state index in [2.05, 4.69) is 15.4 Å². The van der Waals surface area contributed by atoms with Gasteiger partial charge in [0.1, 0.15) is 5.82 Å². The van der Waals surface area contributed by atoms with Crippen molar-refractivity contribution in [3.8, 4) is 0 Å². The first kappa shape index (κ1) is 15.7. The number of hydrogen-bond acceptors (Lipinski definition) is 6. The second-order valence-electron chi connectivity index (χ2n) is 5.87. The van der Waals surface area contributed by atoms with Gasteiger partial charge in [-0.25, -0.2) is 9.97 Å². The van der Waals surface area contributed by atoms with Crippen molar-refractivity contribution < 1.29 is 9.90 Å². The Balaban J connectivity index is 2.27. The molecule has 2 atom stereocenters. The summed E-state index contributed by atoms with van der Waals surface area (Å²) >= 11 is 0. The molecule has 4 N–H and O–H groups in total. The number of nitrogens with one attached hydrogen (secondary N) is 1. The maximum absolute atomic E-state index is 12.6. The number of aromatic nitrogens is 2. The normalized spacial score (nSPS) is 22.5. The van der Waals surface area contributed by atoms with Crippen LogP contribution in [0.1, 0.15) is 49.4 Å². The second-order valence-corrected chi connectivity index (χ2v) is 5.87. The molecule has 1 amide bonds. The zero-order valence-electron chi connectivity index (χ0n) is 12.7. The molecule has 1 aromatic rings. The van der Waals surface area contributed by atoms with Crippen LogP contribution in [0.5, 0.6) is 0 Å². The van der Waals surface area contributed by atoms with Gasteiger partial charge in [-0.05, 0) is 12.3 Å². The van der Waals surface area contributed by atoms with Crippen LogP contribution in [-0.2, 0) is 0 Å². The van der Waals surface area contributed by atoms with E-state index in [0.717, 1.165) is 6.42 Å². The van der Waals surface area contributed by atoms with Crippen LogP contribution >= 0.6 is 0 Å². The number of nitrogens with two attached hydrogens (primary N) is 1. The molecule has 2 rings (SSSR count). The van der Waals surface area contributed by atoms with Crippen molar-refractivity contribution in [3.05, 3.63) is 17.7 Å². The molecule has 116 valence electrons. The summed E-state index contributed by atoms with van der Waals surface area (Å²) in [5.74, 6) is 6.15. The number of nitrogens with zero attached hydrogens (tertiary/aromatic N) is 3. The maximum atomic E-state index is 12.6. The van der Waals surface area contributed by atoms with Gasteiger partial charge in [-0.3, -0.25) is 10.6 Å². The highest BCUT2D eigenvalue weighted by Gasteiger charge is 2.30. The third kappa shape index (κ3) is 3.30. The molecule has 2 heterocycles. The monoisotopic (exact) mass is 293 g/mol. The van der Waals surface area contributed by atoms with E-state index in [-0.39, 0.29) is 23.4 Å². The van der Waals surface area contributed by atoms with Gasteiger partial charge in [0, 0.05) is 19.0 Å². The van der Waals surface area contributed by atoms with Crippen LogP contribution in [0.4, 0.5) is 5.69 Å². The van der Waals surface area contributed by atoms with Crippen LogP contribution in [0, 0.1) is 5.92 Å². The number of aliphatic hydroxyl groups is 1. The third-order valence-electron chi connectivity index (χ3n) is 3.89. The largest absolute Gasteiger partial charge is 0.391 e. The highest BCUT2D eigenvalue weighted by molar-refractivity contribution is 5.97. The fourth-order valence-electron chi connectivity index (χ4n) is 2.33. The predicted octanol–water partition coefficient (Wildman–Crippen LogP) is 0.728. The minimum Gasteiger partial charge on any atom is -0.391 e. The van der Waals surface area contributed by atoms with Crippen LogP contribution in [0.15, 0.2) is 6.20 Å². The summed E-state index contributed by atoms with van der Waals surface area (Å²) in [4.78, 5) is 22.8. The number of aliphatic hydroxyl groups excluding tert-OH is 1. The zero-order chi connectivity index (χ0) is 15.6. The van der Waals surface area contributed by atoms with Gasteiger partial charge in [-0.15, -0.1) is 0 Å². The Hall–Kier alpha value is -1.73. The molecule has 0 radical (unpaired) electrons. The first-order chi connectivity index (χ1) is 9.93. The Labute approximate surface area is 124 Å². The third-order valence-corrected chi connectivity index (χ3v) is 3.89. The molecule has 1 aliphatic rings. The number of carbonyl (C=O) groups excluding carboxylic acids is 1. The number of rotatable bonds is 3. The van der Waals surface area contributed by atoms with Gasteiger partial charge in [0.15, 0.2) is 5.69 Å². The van der Waals surface area contributed by atoms with Crippen molar-refractivity contribution in [3.63, 3.8) is 0 Å². The number of β-amino-alcohol motifs (C(OH)–C–C–N with tert-alkyl or cyclic N) is 1. The van der Waals surface area contributed by atoms with Crippen LogP contribution in [-0.4, -0.2) is 45.1 Å². The van der Waals surface area contributed by atoms with Crippen molar-refractivity contribution in [2.45, 2.75) is 39.2 Å². The van der Waals surface area contributed by atoms with Gasteiger partial charge in [0.05, 0.1) is 18.0 Å². The fourth-order valence-corrected chi connectivity index (χ4v) is 2.33. The van der Waals surface area contributed by atoms with Crippen molar-refractivity contribution in [2.24, 2.45) is 11.8 Å². The van der Waals surface area contributed by atoms with Gasteiger partial charge in [-0.1, -0.05) is 20.8 Å². The minimum atomic E-state index is -0.497. The second kappa shape index (κ2) is 6.36. The summed E-state index contributed by atoms with van der Waals surface area (Å²) in [5, 5.41) is 9.95. The topological polar surface area (TPSA) is 104 Å². The van der Waals surface area contributed by atoms with E-state index in [0.29, 0.717) is 24.6 Å². The Kier molecular flexibility index (Phi) is 4.74. The number of hydrogen-bond donors (Lipinski definition) is 3. The molecule has 1 fully saturated rings. The minimum absolute atomic E-state index is 0.121. The molecule has 1 saturated heterocycles. The predicted molar refractivity (Wildman–Crippen MR) is 79.6 cm³/mol. The Morgan fingerprint density at radius 2 is 2.29 bits per heavy atom. The molecule has 7 heteroatoms. The average molecular weight is 293 g/mol. The van der Waals surface area contributed by atoms with Crippen molar-refractivity contribution >= 4 is 11.6 Å². The average Bonchev–Trinajstić information content (AvgIpc) is 2.48. The molecule has 0 spiro atoms. The standard InChI is InChI=1S/C14H23N5O2/c1-8(2)13-16-6-10(18-15)12(17-13)14(21)19-5-4-9(3)11(20)7-19/h6,8-9,11,18,20H,4-5,7,15H2,1-3H3. The molecule has 0 saturated carbocycles. The SMILES string of the molecule is CC(C)c1ncc(NN)c(C(=O)N2CCC(C)C(O)C2)n1. The van der Waals surface area contributed by atoms with Crippen molar-refractivity contribution in [2.75, 3.05) is 18.5 Å². The summed E-state index contributed by atoms with van der Waals surface area (Å²) < 4.78 is 0. The van der Waals surface area contributed by atoms with Crippen molar-refractivity contribution in [1.82, 2.24) is 14.9 Å². The highest BCUT2D eigenvalue weighted by Crippen LogP contribution is 2.22. The Morgan fingerprint density at radius 1 is 1.57 bits per heavy atom. The van der Waals surface area contributed by atoms with Gasteiger partial charge in [0.25, 0.3) is 5.91 Å². The first-order valence-corrected chi connectivity index (χ1v) is 7.25. The van der Waals surface area contributed by atoms with Gasteiger partial charge in [-0.2, -0.15) is 0 Å². The summed E-state index contributed by atoms with van der Waals surface area (Å²) in [6, 6.07) is 0. The molecule has 1 aromatic heterocycles. The van der Waals surface area contributed by atoms with E-state index in [1.54, 1.807) is 4.90 Å². The molecule has 21 heavy (non-hydrogen) atoms. The summed E-state index contributed by atoms with van der Waals surface area (Å²) in [6.07, 6.45) is 1.81. The molecule has 2 unspecified atom stereocenters. The lowest BCUT2D eigenvalue weighted by molar-refractivity contribution is 0.0245. The first-order valence-electron chi connectivity index (χ1n) is 7.25. The lowest BCUT2D eigenvalue weighted by atomic mass is 9.96. The fraction of sp³-hybridized carbons (Fsp3) is 0.643. The van der Waals surface area contributed by atoms with Crippen LogP contribution in [0.25, 0.3) is 0 Å². The molecular formula is C14H23N5O2. The number of hydrazine groups is 1. The summed E-state index contributed by atoms with van der Waals surface area (Å²) in [5.41, 5.74) is 3.13. The number of carbonyl (C=O) groups is 1. The van der Waals surface area contributed by atoms with E-state index < -0.39 is 6.10 Å². The van der Waals surface area contributed by atoms with E-state index in [9.17, 15) is 9.90 Å². The van der Waals surface area contributed by atoms with Crippen LogP contribution in [0.2, 0.25) is 0 Å². The van der Waals surface area contributed by atoms with E-state index in [1.165, 1.54) is 6.20 Å². The number of likely N-dealkylation sites (tertiary alicyclic amines) is 1. The van der Waals surface area contributed by atoms with E-state index in [4.69, 9.17) is 5.84 Å². The number of anilines is 1. The number of nitrogen functional groups attached to an aromatic ring is 1. The Bertz CT molecular complexity index is 520. The van der Waals surface area contributed by atoms with Gasteiger partial charge < -0.3 is 15.4 Å². The lowest BCUT2D eigenvalue weighted by Gasteiger charge is -2.34. The summed E-state index contributed by atoms with van der Waals surface area (Å²) in [7, 11) is 0. The van der Waals surface area contributed by atoms with Gasteiger partial charge >= 0.3 is 0 Å². The lowest BCUT2D eigenvalue weighted by Crippen LogP contribution is -2.46. The van der Waals surface area contributed by atoms with Crippen LogP contribution < -0.4 is 11.3 Å². The van der Waals surface area contributed by atoms with Crippen LogP contribution in [0.3, 0.4) is 0 Å². The van der Waals surface area contributed by atoms with Crippen molar-refractivity contribution in [1.29, 1.82) is 0 Å². The molecular weight excluding hydrogens is 270 g/mol. The quantitative estimate of drug-likeness (QED) is 0.560. The molecule has 0 bridgehead atoms. The van der Waals surface area contributed by atoms with Gasteiger partial charge in [0.2, 0.25) is 0 Å². The van der Waals surface area contributed by atoms with E-state index >= 15 is 0 Å². The molecule has 7 nitrogen and oxygen atoms in total.